The maximum atomic E-state index is 6.41. The van der Waals surface area contributed by atoms with Crippen LogP contribution >= 0.6 is 0 Å². The molecule has 0 aliphatic carbocycles. The fourth-order valence-electron chi connectivity index (χ4n) is 7.23. The molecule has 0 amide bonds. The molecule has 47 heavy (non-hydrogen) atoms. The zero-order valence-corrected chi connectivity index (χ0v) is 25.7. The minimum absolute atomic E-state index is 0.0571. The smallest absolute Gasteiger partial charge is 0.197 e. The molecule has 0 aromatic heterocycles. The first-order valence-electron chi connectivity index (χ1n) is 16.2. The van der Waals surface area contributed by atoms with Crippen LogP contribution < -0.4 is 26.0 Å². The quantitative estimate of drug-likeness (QED) is 0.157. The Kier molecular flexibility index (Phi) is 6.94. The van der Waals surface area contributed by atoms with Crippen LogP contribution in [0, 0.1) is 0 Å². The minimum atomic E-state index is -0.260. The van der Waals surface area contributed by atoms with Crippen LogP contribution in [-0.4, -0.2) is 0 Å². The van der Waals surface area contributed by atoms with Gasteiger partial charge in [0.1, 0.15) is 5.75 Å². The van der Waals surface area contributed by atoms with Gasteiger partial charge >= 0.3 is 0 Å². The van der Waals surface area contributed by atoms with Crippen LogP contribution in [0.4, 0.5) is 5.69 Å². The van der Waals surface area contributed by atoms with E-state index in [9.17, 15) is 0 Å². The van der Waals surface area contributed by atoms with E-state index in [2.05, 4.69) is 161 Å². The highest BCUT2D eigenvalue weighted by Gasteiger charge is 2.32. The van der Waals surface area contributed by atoms with Gasteiger partial charge in [-0.1, -0.05) is 146 Å². The lowest BCUT2D eigenvalue weighted by Crippen LogP contribution is -2.54. The third-order valence-electron chi connectivity index (χ3n) is 9.47. The van der Waals surface area contributed by atoms with Gasteiger partial charge in [-0.2, -0.15) is 0 Å². The van der Waals surface area contributed by atoms with Crippen molar-refractivity contribution in [2.24, 2.45) is 0 Å². The Hall–Kier alpha value is -5.46. The average molecular weight is 611 g/mol. The van der Waals surface area contributed by atoms with Gasteiger partial charge in [-0.25, -0.2) is 0 Å². The van der Waals surface area contributed by atoms with Crippen LogP contribution in [0.2, 0.25) is 0 Å². The van der Waals surface area contributed by atoms with Crippen LogP contribution in [0.15, 0.2) is 158 Å². The van der Waals surface area contributed by atoms with E-state index < -0.39 is 0 Å². The van der Waals surface area contributed by atoms with Crippen molar-refractivity contribution in [2.75, 3.05) is 5.32 Å². The van der Waals surface area contributed by atoms with E-state index in [0.29, 0.717) is 0 Å². The molecule has 1 saturated heterocycles. The Labute approximate surface area is 274 Å². The number of anilines is 1. The predicted octanol–water partition coefficient (Wildman–Crippen LogP) is 9.34. The zero-order chi connectivity index (χ0) is 31.2. The van der Waals surface area contributed by atoms with Gasteiger partial charge < -0.3 is 10.1 Å². The van der Waals surface area contributed by atoms with Gasteiger partial charge in [0.05, 0.1) is 24.2 Å². The van der Waals surface area contributed by atoms with Gasteiger partial charge in [-0.15, -0.1) is 0 Å². The summed E-state index contributed by atoms with van der Waals surface area (Å²) in [4.78, 5) is 0. The highest BCUT2D eigenvalue weighted by Crippen LogP contribution is 2.44. The van der Waals surface area contributed by atoms with E-state index in [1.807, 2.05) is 18.2 Å². The van der Waals surface area contributed by atoms with Crippen molar-refractivity contribution in [1.82, 2.24) is 16.0 Å². The van der Waals surface area contributed by atoms with Crippen molar-refractivity contribution < 1.29 is 4.74 Å². The maximum absolute atomic E-state index is 6.41. The standard InChI is InChI=1S/C42H34N4O/c1-3-14-28(15-4-1)39-44-40(29-16-5-2-6-17-29)46-41(45-39)35-24-23-27-13-7-8-18-30(27)38(35)33-25-26-34(32-20-10-9-19-31(32)33)42-43-36-21-11-12-22-37(36)47-42/h1-26,39-46H. The largest absolute Gasteiger partial charge is 0.464 e. The summed E-state index contributed by atoms with van der Waals surface area (Å²) in [6, 6.07) is 55.9. The van der Waals surface area contributed by atoms with Crippen molar-refractivity contribution in [1.29, 1.82) is 0 Å². The summed E-state index contributed by atoms with van der Waals surface area (Å²) in [6.45, 7) is 0. The molecule has 9 rings (SSSR count). The first-order valence-corrected chi connectivity index (χ1v) is 16.2. The Morgan fingerprint density at radius 2 is 1.00 bits per heavy atom. The molecule has 3 atom stereocenters. The molecule has 0 bridgehead atoms. The lowest BCUT2D eigenvalue weighted by molar-refractivity contribution is 0.203. The van der Waals surface area contributed by atoms with Gasteiger partial charge in [-0.3, -0.25) is 16.0 Å². The van der Waals surface area contributed by atoms with Gasteiger partial charge in [0, 0.05) is 5.56 Å². The third kappa shape index (κ3) is 5.02. The van der Waals surface area contributed by atoms with E-state index in [1.54, 1.807) is 0 Å². The van der Waals surface area contributed by atoms with Crippen LogP contribution in [-0.2, 0) is 0 Å². The Morgan fingerprint density at radius 1 is 0.426 bits per heavy atom. The molecule has 3 unspecified atom stereocenters. The molecular formula is C42H34N4O. The molecule has 1 fully saturated rings. The summed E-state index contributed by atoms with van der Waals surface area (Å²) in [5.41, 5.74) is 8.15. The second-order valence-electron chi connectivity index (χ2n) is 12.3. The first kappa shape index (κ1) is 27.8. The van der Waals surface area contributed by atoms with E-state index >= 15 is 0 Å². The highest BCUT2D eigenvalue weighted by atomic mass is 16.5. The number of hydrogen-bond acceptors (Lipinski definition) is 5. The number of nitrogens with one attached hydrogen (secondary N) is 4. The van der Waals surface area contributed by atoms with Crippen LogP contribution in [0.1, 0.15) is 47.0 Å². The molecule has 2 aliphatic heterocycles. The van der Waals surface area contributed by atoms with Crippen molar-refractivity contribution in [2.45, 2.75) is 24.7 Å². The van der Waals surface area contributed by atoms with Crippen molar-refractivity contribution in [3.63, 3.8) is 0 Å². The fourth-order valence-corrected chi connectivity index (χ4v) is 7.23. The summed E-state index contributed by atoms with van der Waals surface area (Å²) in [6.07, 6.45) is -0.514. The van der Waals surface area contributed by atoms with Crippen molar-refractivity contribution in [3.8, 4) is 16.9 Å². The van der Waals surface area contributed by atoms with Crippen LogP contribution in [0.3, 0.4) is 0 Å². The molecule has 2 heterocycles. The lowest BCUT2D eigenvalue weighted by atomic mass is 9.87. The molecule has 5 heteroatoms. The summed E-state index contributed by atoms with van der Waals surface area (Å²) >= 11 is 0. The van der Waals surface area contributed by atoms with Gasteiger partial charge in [-0.05, 0) is 61.5 Å². The van der Waals surface area contributed by atoms with Gasteiger partial charge in [0.2, 0.25) is 0 Å². The normalized spacial score (nSPS) is 20.4. The topological polar surface area (TPSA) is 57.3 Å². The summed E-state index contributed by atoms with van der Waals surface area (Å²) in [7, 11) is 0. The monoisotopic (exact) mass is 610 g/mol. The third-order valence-corrected chi connectivity index (χ3v) is 9.47. The maximum Gasteiger partial charge on any atom is 0.197 e. The second-order valence-corrected chi connectivity index (χ2v) is 12.3. The van der Waals surface area contributed by atoms with Crippen molar-refractivity contribution >= 4 is 27.2 Å². The van der Waals surface area contributed by atoms with Crippen molar-refractivity contribution in [3.05, 3.63) is 180 Å². The number of hydrogen-bond donors (Lipinski definition) is 4. The Balaban J connectivity index is 1.20. The summed E-state index contributed by atoms with van der Waals surface area (Å²) in [5.74, 6) is 0.881. The van der Waals surface area contributed by atoms with E-state index in [4.69, 9.17) is 4.74 Å². The Bertz CT molecular complexity index is 2150. The van der Waals surface area contributed by atoms with Crippen LogP contribution in [0.25, 0.3) is 32.7 Å². The summed E-state index contributed by atoms with van der Waals surface area (Å²) in [5, 5.41) is 20.0. The highest BCUT2D eigenvalue weighted by molar-refractivity contribution is 6.07. The molecule has 5 nitrogen and oxygen atoms in total. The molecule has 7 aromatic carbocycles. The molecule has 0 saturated carbocycles. The number of fused-ring (bicyclic) bond motifs is 3. The summed E-state index contributed by atoms with van der Waals surface area (Å²) < 4.78 is 6.41. The van der Waals surface area contributed by atoms with Gasteiger partial charge in [0.25, 0.3) is 0 Å². The van der Waals surface area contributed by atoms with E-state index in [-0.39, 0.29) is 24.7 Å². The van der Waals surface area contributed by atoms with Crippen LogP contribution in [0.5, 0.6) is 5.75 Å². The molecule has 228 valence electrons. The van der Waals surface area contributed by atoms with Gasteiger partial charge in [0.15, 0.2) is 6.23 Å². The fraction of sp³-hybridized carbons (Fsp3) is 0.0952. The number of rotatable bonds is 5. The molecule has 0 spiro atoms. The average Bonchev–Trinajstić information content (AvgIpc) is 3.59. The molecular weight excluding hydrogens is 576 g/mol. The minimum Gasteiger partial charge on any atom is -0.464 e. The predicted molar refractivity (Wildman–Crippen MR) is 191 cm³/mol. The van der Waals surface area contributed by atoms with E-state index in [1.165, 1.54) is 49.4 Å². The Morgan fingerprint density at radius 3 is 1.72 bits per heavy atom. The zero-order valence-electron chi connectivity index (χ0n) is 25.7. The number of para-hydroxylation sites is 2. The molecule has 7 aromatic rings. The first-order chi connectivity index (χ1) is 23.3. The molecule has 2 aliphatic rings. The molecule has 0 radical (unpaired) electrons. The molecule has 4 N–H and O–H groups in total. The number of ether oxygens (including phenoxy) is 1. The second kappa shape index (κ2) is 11.7. The SMILES string of the molecule is c1ccc(C2NC(c3ccccc3)NC(c3ccc4ccccc4c3-c3ccc(C4Nc5ccccc5O4)c4ccccc34)N2)cc1. The lowest BCUT2D eigenvalue weighted by Gasteiger charge is -2.40. The van der Waals surface area contributed by atoms with E-state index in [0.717, 1.165) is 17.0 Å². The number of benzene rings is 7.